The lowest BCUT2D eigenvalue weighted by molar-refractivity contribution is 0.0646. The summed E-state index contributed by atoms with van der Waals surface area (Å²) >= 11 is 0. The fourth-order valence-electron chi connectivity index (χ4n) is 1.62. The van der Waals surface area contributed by atoms with Crippen molar-refractivity contribution < 1.29 is 34.0 Å². The van der Waals surface area contributed by atoms with Gasteiger partial charge in [-0.2, -0.15) is 0 Å². The van der Waals surface area contributed by atoms with E-state index in [0.29, 0.717) is 0 Å². The first-order chi connectivity index (χ1) is 8.97. The van der Waals surface area contributed by atoms with Gasteiger partial charge in [0.25, 0.3) is 0 Å². The van der Waals surface area contributed by atoms with E-state index in [1.165, 1.54) is 14.2 Å². The standard InChI is InChI=1S/C12H14O7/c1-4-19-10-8(12(15)16)6(11(13)14)5-7(17-2)9(10)18-3/h5H,4H2,1-3H3,(H,13,14)(H,15,16). The van der Waals surface area contributed by atoms with Crippen molar-refractivity contribution in [2.24, 2.45) is 0 Å². The molecular weight excluding hydrogens is 256 g/mol. The first-order valence-electron chi connectivity index (χ1n) is 5.36. The summed E-state index contributed by atoms with van der Waals surface area (Å²) in [4.78, 5) is 22.4. The Morgan fingerprint density at radius 2 is 1.74 bits per heavy atom. The van der Waals surface area contributed by atoms with Crippen molar-refractivity contribution in [3.05, 3.63) is 17.2 Å². The predicted molar refractivity (Wildman–Crippen MR) is 64.6 cm³/mol. The van der Waals surface area contributed by atoms with Crippen LogP contribution < -0.4 is 14.2 Å². The molecule has 7 heteroatoms. The highest BCUT2D eigenvalue weighted by Crippen LogP contribution is 2.42. The van der Waals surface area contributed by atoms with Crippen molar-refractivity contribution in [3.8, 4) is 17.2 Å². The highest BCUT2D eigenvalue weighted by molar-refractivity contribution is 6.05. The topological polar surface area (TPSA) is 102 Å². The Morgan fingerprint density at radius 1 is 1.11 bits per heavy atom. The minimum Gasteiger partial charge on any atom is -0.493 e. The van der Waals surface area contributed by atoms with Crippen LogP contribution in [0.1, 0.15) is 27.6 Å². The van der Waals surface area contributed by atoms with Gasteiger partial charge < -0.3 is 24.4 Å². The van der Waals surface area contributed by atoms with E-state index in [0.717, 1.165) is 6.07 Å². The lowest BCUT2D eigenvalue weighted by atomic mass is 10.0. The van der Waals surface area contributed by atoms with Crippen LogP contribution in [0.25, 0.3) is 0 Å². The molecule has 0 radical (unpaired) electrons. The second kappa shape index (κ2) is 5.94. The maximum Gasteiger partial charge on any atom is 0.340 e. The molecule has 0 saturated heterocycles. The molecule has 104 valence electrons. The Kier molecular flexibility index (Phi) is 4.57. The average molecular weight is 270 g/mol. The van der Waals surface area contributed by atoms with Crippen molar-refractivity contribution in [1.29, 1.82) is 0 Å². The van der Waals surface area contributed by atoms with E-state index in [1.807, 2.05) is 0 Å². The minimum absolute atomic E-state index is 0.0479. The summed E-state index contributed by atoms with van der Waals surface area (Å²) < 4.78 is 15.2. The van der Waals surface area contributed by atoms with Crippen LogP contribution in [0, 0.1) is 0 Å². The van der Waals surface area contributed by atoms with Crippen LogP contribution in [0.15, 0.2) is 6.07 Å². The summed E-state index contributed by atoms with van der Waals surface area (Å²) in [6, 6.07) is 1.09. The van der Waals surface area contributed by atoms with Gasteiger partial charge in [-0.05, 0) is 13.0 Å². The lowest BCUT2D eigenvalue weighted by Gasteiger charge is -2.16. The third-order valence-corrected chi connectivity index (χ3v) is 2.36. The molecule has 2 N–H and O–H groups in total. The van der Waals surface area contributed by atoms with Crippen molar-refractivity contribution in [2.75, 3.05) is 20.8 Å². The largest absolute Gasteiger partial charge is 0.493 e. The van der Waals surface area contributed by atoms with E-state index >= 15 is 0 Å². The van der Waals surface area contributed by atoms with E-state index in [-0.39, 0.29) is 23.9 Å². The van der Waals surface area contributed by atoms with Crippen molar-refractivity contribution in [2.45, 2.75) is 6.92 Å². The van der Waals surface area contributed by atoms with E-state index in [9.17, 15) is 9.59 Å². The summed E-state index contributed by atoms with van der Waals surface area (Å²) in [5, 5.41) is 18.2. The Morgan fingerprint density at radius 3 is 2.11 bits per heavy atom. The normalized spacial score (nSPS) is 9.84. The molecule has 0 atom stereocenters. The van der Waals surface area contributed by atoms with Crippen molar-refractivity contribution in [3.63, 3.8) is 0 Å². The summed E-state index contributed by atoms with van der Waals surface area (Å²) in [5.41, 5.74) is -0.888. The first kappa shape index (κ1) is 14.6. The number of aromatic carboxylic acids is 2. The van der Waals surface area contributed by atoms with Crippen LogP contribution in [-0.4, -0.2) is 43.0 Å². The van der Waals surface area contributed by atoms with Crippen LogP contribution in [0.3, 0.4) is 0 Å². The van der Waals surface area contributed by atoms with Gasteiger partial charge >= 0.3 is 11.9 Å². The van der Waals surface area contributed by atoms with Crippen LogP contribution >= 0.6 is 0 Å². The number of methoxy groups -OCH3 is 2. The highest BCUT2D eigenvalue weighted by atomic mass is 16.5. The fraction of sp³-hybridized carbons (Fsp3) is 0.333. The number of carbonyl (C=O) groups is 2. The fourth-order valence-corrected chi connectivity index (χ4v) is 1.62. The second-order valence-electron chi connectivity index (χ2n) is 3.41. The Labute approximate surface area is 109 Å². The molecule has 0 aromatic heterocycles. The van der Waals surface area contributed by atoms with Gasteiger partial charge in [-0.1, -0.05) is 0 Å². The number of carboxylic acid groups (broad SMARTS) is 2. The molecule has 19 heavy (non-hydrogen) atoms. The number of ether oxygens (including phenoxy) is 3. The van der Waals surface area contributed by atoms with Gasteiger partial charge in [0.05, 0.1) is 26.4 Å². The van der Waals surface area contributed by atoms with E-state index in [4.69, 9.17) is 24.4 Å². The maximum absolute atomic E-state index is 11.2. The van der Waals surface area contributed by atoms with Crippen LogP contribution in [-0.2, 0) is 0 Å². The molecule has 0 saturated carbocycles. The second-order valence-corrected chi connectivity index (χ2v) is 3.41. The SMILES string of the molecule is CCOc1c(OC)c(OC)cc(C(=O)O)c1C(=O)O. The summed E-state index contributed by atoms with van der Waals surface area (Å²) in [6.45, 7) is 1.80. The molecule has 0 aliphatic heterocycles. The molecule has 0 aliphatic carbocycles. The molecular formula is C12H14O7. The van der Waals surface area contributed by atoms with Gasteiger partial charge in [-0.15, -0.1) is 0 Å². The third kappa shape index (κ3) is 2.70. The maximum atomic E-state index is 11.2. The lowest BCUT2D eigenvalue weighted by Crippen LogP contribution is -2.13. The molecule has 0 heterocycles. The zero-order valence-corrected chi connectivity index (χ0v) is 10.7. The van der Waals surface area contributed by atoms with Gasteiger partial charge in [0.15, 0.2) is 11.5 Å². The Hall–Kier alpha value is -2.44. The zero-order valence-electron chi connectivity index (χ0n) is 10.7. The minimum atomic E-state index is -1.41. The number of carboxylic acids is 2. The van der Waals surface area contributed by atoms with Gasteiger partial charge in [0.1, 0.15) is 5.56 Å². The highest BCUT2D eigenvalue weighted by Gasteiger charge is 2.28. The van der Waals surface area contributed by atoms with Gasteiger partial charge in [-0.3, -0.25) is 0 Å². The summed E-state index contributed by atoms with van der Waals surface area (Å²) in [6.07, 6.45) is 0. The predicted octanol–water partition coefficient (Wildman–Crippen LogP) is 1.50. The van der Waals surface area contributed by atoms with Crippen LogP contribution in [0.5, 0.6) is 17.2 Å². The van der Waals surface area contributed by atoms with Crippen molar-refractivity contribution >= 4 is 11.9 Å². The van der Waals surface area contributed by atoms with E-state index in [1.54, 1.807) is 6.92 Å². The molecule has 0 bridgehead atoms. The smallest absolute Gasteiger partial charge is 0.340 e. The van der Waals surface area contributed by atoms with Crippen LogP contribution in [0.2, 0.25) is 0 Å². The molecule has 0 fully saturated rings. The molecule has 0 spiro atoms. The molecule has 1 aromatic carbocycles. The Balaban J connectivity index is 3.72. The Bertz CT molecular complexity index is 507. The molecule has 0 aliphatic rings. The summed E-state index contributed by atoms with van der Waals surface area (Å²) in [5.74, 6) is -2.82. The number of hydrogen-bond acceptors (Lipinski definition) is 5. The number of rotatable bonds is 6. The molecule has 0 unspecified atom stereocenters. The zero-order chi connectivity index (χ0) is 14.6. The first-order valence-corrected chi connectivity index (χ1v) is 5.36. The van der Waals surface area contributed by atoms with Gasteiger partial charge in [0.2, 0.25) is 5.75 Å². The molecule has 0 amide bonds. The third-order valence-electron chi connectivity index (χ3n) is 2.36. The number of benzene rings is 1. The molecule has 1 rings (SSSR count). The van der Waals surface area contributed by atoms with E-state index < -0.39 is 23.1 Å². The quantitative estimate of drug-likeness (QED) is 0.807. The number of hydrogen-bond donors (Lipinski definition) is 2. The molecule has 1 aromatic rings. The molecule has 7 nitrogen and oxygen atoms in total. The van der Waals surface area contributed by atoms with Crippen LogP contribution in [0.4, 0.5) is 0 Å². The van der Waals surface area contributed by atoms with Gasteiger partial charge in [-0.25, -0.2) is 9.59 Å². The van der Waals surface area contributed by atoms with Crippen molar-refractivity contribution in [1.82, 2.24) is 0 Å². The average Bonchev–Trinajstić information content (AvgIpc) is 2.36. The van der Waals surface area contributed by atoms with E-state index in [2.05, 4.69) is 0 Å². The monoisotopic (exact) mass is 270 g/mol. The summed E-state index contributed by atoms with van der Waals surface area (Å²) in [7, 11) is 2.63. The van der Waals surface area contributed by atoms with Gasteiger partial charge in [0, 0.05) is 0 Å².